The van der Waals surface area contributed by atoms with Gasteiger partial charge in [0.2, 0.25) is 0 Å². The van der Waals surface area contributed by atoms with Crippen LogP contribution in [0.25, 0.3) is 0 Å². The van der Waals surface area contributed by atoms with Gasteiger partial charge in [0.05, 0.1) is 6.10 Å². The van der Waals surface area contributed by atoms with Crippen LogP contribution < -0.4 is 5.32 Å². The number of likely N-dealkylation sites (tertiary alicyclic amines) is 1. The molecule has 0 aromatic heterocycles. The number of rotatable bonds is 6. The third-order valence-electron chi connectivity index (χ3n) is 5.42. The first kappa shape index (κ1) is 18.2. The van der Waals surface area contributed by atoms with Crippen LogP contribution in [-0.4, -0.2) is 46.2 Å². The minimum Gasteiger partial charge on any atom is -0.393 e. The molecule has 2 atom stereocenters. The lowest BCUT2D eigenvalue weighted by molar-refractivity contribution is 0.0791. The van der Waals surface area contributed by atoms with Crippen molar-refractivity contribution < 1.29 is 5.11 Å². The molecule has 2 fully saturated rings. The van der Waals surface area contributed by atoms with E-state index in [0.29, 0.717) is 6.04 Å². The van der Waals surface area contributed by atoms with Crippen molar-refractivity contribution in [1.82, 2.24) is 10.2 Å². The molecule has 2 aliphatic rings. The molecule has 24 heavy (non-hydrogen) atoms. The van der Waals surface area contributed by atoms with Crippen molar-refractivity contribution in [3.63, 3.8) is 0 Å². The van der Waals surface area contributed by atoms with Crippen molar-refractivity contribution in [3.8, 4) is 0 Å². The molecule has 0 saturated carbocycles. The van der Waals surface area contributed by atoms with E-state index >= 15 is 0 Å². The van der Waals surface area contributed by atoms with E-state index in [1.165, 1.54) is 23.3 Å². The number of aliphatic hydroxyl groups excluding tert-OH is 1. The van der Waals surface area contributed by atoms with E-state index in [9.17, 15) is 5.11 Å². The van der Waals surface area contributed by atoms with Crippen LogP contribution in [0.2, 0.25) is 0 Å². The van der Waals surface area contributed by atoms with Gasteiger partial charge in [-0.3, -0.25) is 4.90 Å². The Labute approximate surface area is 151 Å². The molecule has 1 aromatic carbocycles. The van der Waals surface area contributed by atoms with E-state index < -0.39 is 0 Å². The summed E-state index contributed by atoms with van der Waals surface area (Å²) in [4.78, 5) is 2.48. The van der Waals surface area contributed by atoms with Crippen LogP contribution in [0.5, 0.6) is 0 Å². The van der Waals surface area contributed by atoms with Crippen LogP contribution in [-0.2, 0) is 13.1 Å². The highest BCUT2D eigenvalue weighted by Crippen LogP contribution is 2.32. The summed E-state index contributed by atoms with van der Waals surface area (Å²) in [6.45, 7) is 8.69. The molecule has 2 N–H and O–H groups in total. The zero-order valence-corrected chi connectivity index (χ0v) is 15.9. The molecule has 0 bridgehead atoms. The third-order valence-corrected chi connectivity index (χ3v) is 7.18. The molecule has 4 heteroatoms. The predicted octanol–water partition coefficient (Wildman–Crippen LogP) is 3.26. The molecule has 2 aliphatic heterocycles. The number of nitrogens with one attached hydrogen (secondary N) is 1. The number of hydrogen-bond acceptors (Lipinski definition) is 4. The van der Waals surface area contributed by atoms with Gasteiger partial charge >= 0.3 is 0 Å². The second kappa shape index (κ2) is 8.70. The number of piperidine rings is 1. The molecule has 3 rings (SSSR count). The lowest BCUT2D eigenvalue weighted by Crippen LogP contribution is -2.36. The predicted molar refractivity (Wildman–Crippen MR) is 103 cm³/mol. The summed E-state index contributed by atoms with van der Waals surface area (Å²) < 4.78 is 0. The van der Waals surface area contributed by atoms with E-state index in [0.717, 1.165) is 50.2 Å². The van der Waals surface area contributed by atoms with Gasteiger partial charge in [0.25, 0.3) is 0 Å². The fourth-order valence-electron chi connectivity index (χ4n) is 3.72. The monoisotopic (exact) mass is 348 g/mol. The highest BCUT2D eigenvalue weighted by molar-refractivity contribution is 8.00. The minimum atomic E-state index is -0.0908. The van der Waals surface area contributed by atoms with Crippen LogP contribution in [0.15, 0.2) is 24.3 Å². The van der Waals surface area contributed by atoms with Crippen molar-refractivity contribution in [3.05, 3.63) is 35.4 Å². The lowest BCUT2D eigenvalue weighted by Gasteiger charge is -2.30. The molecule has 0 spiro atoms. The smallest absolute Gasteiger partial charge is 0.0564 e. The maximum absolute atomic E-state index is 9.67. The summed E-state index contributed by atoms with van der Waals surface area (Å²) in [6.07, 6.45) is 3.04. The van der Waals surface area contributed by atoms with Gasteiger partial charge < -0.3 is 10.4 Å². The summed E-state index contributed by atoms with van der Waals surface area (Å²) >= 11 is 2.13. The first-order valence-electron chi connectivity index (χ1n) is 9.44. The molecule has 2 heterocycles. The largest absolute Gasteiger partial charge is 0.393 e. The van der Waals surface area contributed by atoms with Crippen molar-refractivity contribution in [2.24, 2.45) is 5.92 Å². The fraction of sp³-hybridized carbons (Fsp3) is 0.700. The molecule has 0 radical (unpaired) electrons. The van der Waals surface area contributed by atoms with Gasteiger partial charge in [-0.2, -0.15) is 11.8 Å². The molecule has 0 amide bonds. The Morgan fingerprint density at radius 1 is 1.21 bits per heavy atom. The van der Waals surface area contributed by atoms with Crippen molar-refractivity contribution >= 4 is 11.8 Å². The standard InChI is InChI=1S/C20H32N2OS/c1-15(2)20-11-18(14-24-20)21-12-16-5-3-4-6-17(16)13-22-9-7-19(23)8-10-22/h3-6,15,18-21,23H,7-14H2,1-2H3/t18-,20-/m1/s1. The molecular weight excluding hydrogens is 316 g/mol. The summed E-state index contributed by atoms with van der Waals surface area (Å²) in [5, 5.41) is 14.3. The Hall–Kier alpha value is -0.550. The van der Waals surface area contributed by atoms with Gasteiger partial charge in [0, 0.05) is 43.2 Å². The Kier molecular flexibility index (Phi) is 6.62. The molecule has 3 nitrogen and oxygen atoms in total. The molecular formula is C20H32N2OS. The van der Waals surface area contributed by atoms with Crippen molar-refractivity contribution in [1.29, 1.82) is 0 Å². The van der Waals surface area contributed by atoms with Gasteiger partial charge in [-0.15, -0.1) is 0 Å². The van der Waals surface area contributed by atoms with Crippen LogP contribution in [0.3, 0.4) is 0 Å². The normalized spacial score (nSPS) is 26.3. The van der Waals surface area contributed by atoms with Crippen molar-refractivity contribution in [2.45, 2.75) is 63.6 Å². The molecule has 134 valence electrons. The quantitative estimate of drug-likeness (QED) is 0.827. The first-order chi connectivity index (χ1) is 11.6. The van der Waals surface area contributed by atoms with E-state index in [-0.39, 0.29) is 6.10 Å². The van der Waals surface area contributed by atoms with Gasteiger partial charge in [-0.1, -0.05) is 38.1 Å². The number of thioether (sulfide) groups is 1. The summed E-state index contributed by atoms with van der Waals surface area (Å²) in [7, 11) is 0. The second-order valence-electron chi connectivity index (χ2n) is 7.71. The molecule has 2 saturated heterocycles. The number of nitrogens with zero attached hydrogens (tertiary/aromatic N) is 1. The second-order valence-corrected chi connectivity index (χ2v) is 8.98. The first-order valence-corrected chi connectivity index (χ1v) is 10.5. The van der Waals surface area contributed by atoms with E-state index in [4.69, 9.17) is 0 Å². The van der Waals surface area contributed by atoms with Gasteiger partial charge in [-0.05, 0) is 36.3 Å². The topological polar surface area (TPSA) is 35.5 Å². The average molecular weight is 349 g/mol. The number of benzene rings is 1. The van der Waals surface area contributed by atoms with Crippen LogP contribution in [0.4, 0.5) is 0 Å². The molecule has 0 unspecified atom stereocenters. The summed E-state index contributed by atoms with van der Waals surface area (Å²) in [5.74, 6) is 2.03. The van der Waals surface area contributed by atoms with Gasteiger partial charge in [0.1, 0.15) is 0 Å². The summed E-state index contributed by atoms with van der Waals surface area (Å²) in [6, 6.07) is 9.49. The van der Waals surface area contributed by atoms with Gasteiger partial charge in [-0.25, -0.2) is 0 Å². The lowest BCUT2D eigenvalue weighted by atomic mass is 10.0. The minimum absolute atomic E-state index is 0.0908. The highest BCUT2D eigenvalue weighted by atomic mass is 32.2. The Morgan fingerprint density at radius 2 is 1.92 bits per heavy atom. The fourth-order valence-corrected chi connectivity index (χ4v) is 5.21. The summed E-state index contributed by atoms with van der Waals surface area (Å²) in [5.41, 5.74) is 2.87. The maximum Gasteiger partial charge on any atom is 0.0564 e. The maximum atomic E-state index is 9.67. The van der Waals surface area contributed by atoms with E-state index in [1.807, 2.05) is 0 Å². The SMILES string of the molecule is CC(C)[C@H]1C[C@@H](NCc2ccccc2CN2CCC(O)CC2)CS1. The number of hydrogen-bond donors (Lipinski definition) is 2. The molecule has 1 aromatic rings. The van der Waals surface area contributed by atoms with Crippen molar-refractivity contribution in [2.75, 3.05) is 18.8 Å². The van der Waals surface area contributed by atoms with Gasteiger partial charge in [0.15, 0.2) is 0 Å². The Morgan fingerprint density at radius 3 is 2.58 bits per heavy atom. The highest BCUT2D eigenvalue weighted by Gasteiger charge is 2.27. The average Bonchev–Trinajstić information content (AvgIpc) is 3.05. The zero-order valence-electron chi connectivity index (χ0n) is 15.1. The number of aliphatic hydroxyl groups is 1. The zero-order chi connectivity index (χ0) is 16.9. The molecule has 0 aliphatic carbocycles. The van der Waals surface area contributed by atoms with E-state index in [2.05, 4.69) is 60.1 Å². The van der Waals surface area contributed by atoms with Crippen LogP contribution in [0.1, 0.15) is 44.2 Å². The van der Waals surface area contributed by atoms with Crippen LogP contribution >= 0.6 is 11.8 Å². The third kappa shape index (κ3) is 4.98. The Balaban J connectivity index is 1.53. The van der Waals surface area contributed by atoms with Crippen LogP contribution in [0, 0.1) is 5.92 Å². The van der Waals surface area contributed by atoms with E-state index in [1.54, 1.807) is 0 Å². The Bertz CT molecular complexity index is 514.